The van der Waals surface area contributed by atoms with Gasteiger partial charge in [0, 0.05) is 35.4 Å². The van der Waals surface area contributed by atoms with Gasteiger partial charge in [-0.3, -0.25) is 9.59 Å². The first kappa shape index (κ1) is 38.6. The maximum absolute atomic E-state index is 14.6. The molecule has 55 heavy (non-hydrogen) atoms. The normalized spacial score (nSPS) is 27.3. The van der Waals surface area contributed by atoms with E-state index in [1.165, 1.54) is 22.7 Å². The monoisotopic (exact) mass is 776 g/mol. The van der Waals surface area contributed by atoms with Gasteiger partial charge < -0.3 is 40.2 Å². The van der Waals surface area contributed by atoms with Gasteiger partial charge in [-0.1, -0.05) is 34.1 Å². The molecule has 1 aromatic carbocycles. The molecule has 1 unspecified atom stereocenters. The van der Waals surface area contributed by atoms with E-state index in [4.69, 9.17) is 24.2 Å². The number of thiazole rings is 1. The van der Waals surface area contributed by atoms with Crippen LogP contribution in [0.5, 0.6) is 11.5 Å². The van der Waals surface area contributed by atoms with E-state index in [2.05, 4.69) is 16.0 Å². The van der Waals surface area contributed by atoms with E-state index >= 15 is 0 Å². The number of likely N-dealkylation sites (tertiary alicyclic amines) is 1. The molecule has 7 rings (SSSR count). The van der Waals surface area contributed by atoms with Crippen LogP contribution in [0.1, 0.15) is 80.1 Å². The number of aliphatic carboxylic acids is 1. The van der Waals surface area contributed by atoms with E-state index in [1.54, 1.807) is 13.2 Å². The first-order valence-electron chi connectivity index (χ1n) is 19.3. The Morgan fingerprint density at radius 3 is 2.42 bits per heavy atom. The van der Waals surface area contributed by atoms with Crippen LogP contribution in [-0.4, -0.2) is 93.4 Å². The minimum atomic E-state index is -1.39. The van der Waals surface area contributed by atoms with Gasteiger partial charge in [0.15, 0.2) is 5.13 Å². The van der Waals surface area contributed by atoms with Gasteiger partial charge in [0.2, 0.25) is 11.8 Å². The van der Waals surface area contributed by atoms with Crippen molar-refractivity contribution in [2.75, 3.05) is 19.0 Å². The van der Waals surface area contributed by atoms with E-state index in [0.717, 1.165) is 18.0 Å². The number of pyridine rings is 1. The molecule has 3 aromatic rings. The molecule has 8 atom stereocenters. The summed E-state index contributed by atoms with van der Waals surface area (Å²) in [6, 6.07) is 5.37. The highest BCUT2D eigenvalue weighted by Gasteiger charge is 2.61. The molecule has 0 bridgehead atoms. The highest BCUT2D eigenvalue weighted by Crippen LogP contribution is 2.52. The first-order valence-corrected chi connectivity index (χ1v) is 20.2. The number of hydrogen-bond donors (Lipinski definition) is 4. The standard InChI is InChI=1S/C40H52N6O8S/c1-8-23-17-40(23,36(49)50)45-34(47)31-15-26(18-46(31)35(48)33(39(4,5)6)44-38(51)54-25-12-21-11-22(21)13-25)53-32-16-29(30-19-55-37(43-30)41-20(2)3)42-28-14-24(52-7)9-10-27(28)32/h9-10,14,16,19-23,25-26,31,33H,8,11-13,15,17-18H2,1-7H3,(H,41,43)(H,44,51)(H,45,47)(H,49,50)/t21-,22+,23-,25?,26-,31+,33-,40-/m1/s1. The third-order valence-electron chi connectivity index (χ3n) is 11.5. The topological polar surface area (TPSA) is 181 Å². The number of nitrogens with zero attached hydrogens (tertiary/aromatic N) is 3. The highest BCUT2D eigenvalue weighted by molar-refractivity contribution is 7.14. The number of ether oxygens (including phenoxy) is 3. The summed E-state index contributed by atoms with van der Waals surface area (Å²) < 4.78 is 18.0. The van der Waals surface area contributed by atoms with Gasteiger partial charge in [-0.2, -0.15) is 0 Å². The number of nitrogens with one attached hydrogen (secondary N) is 3. The van der Waals surface area contributed by atoms with Crippen molar-refractivity contribution in [3.63, 3.8) is 0 Å². The van der Waals surface area contributed by atoms with E-state index in [-0.39, 0.29) is 31.0 Å². The van der Waals surface area contributed by atoms with Crippen LogP contribution in [0.15, 0.2) is 29.6 Å². The predicted octanol–water partition coefficient (Wildman–Crippen LogP) is 5.84. The molecule has 2 aromatic heterocycles. The Morgan fingerprint density at radius 1 is 1.04 bits per heavy atom. The van der Waals surface area contributed by atoms with E-state index in [9.17, 15) is 24.3 Å². The second-order valence-corrected chi connectivity index (χ2v) is 17.8. The second-order valence-electron chi connectivity index (χ2n) is 17.0. The van der Waals surface area contributed by atoms with Crippen LogP contribution in [0, 0.1) is 23.2 Å². The molecule has 4 aliphatic rings. The Kier molecular flexibility index (Phi) is 10.4. The number of methoxy groups -OCH3 is 1. The molecule has 14 nitrogen and oxygen atoms in total. The number of carbonyl (C=O) groups is 4. The van der Waals surface area contributed by atoms with Gasteiger partial charge in [0.05, 0.1) is 24.9 Å². The molecule has 3 heterocycles. The molecule has 4 fully saturated rings. The Labute approximate surface area is 325 Å². The Balaban J connectivity index is 1.18. The van der Waals surface area contributed by atoms with Gasteiger partial charge in [-0.25, -0.2) is 19.6 Å². The number of anilines is 1. The van der Waals surface area contributed by atoms with Crippen LogP contribution in [-0.2, 0) is 19.1 Å². The zero-order valence-corrected chi connectivity index (χ0v) is 33.3. The Hall–Kier alpha value is -4.66. The van der Waals surface area contributed by atoms with Gasteiger partial charge in [-0.05, 0) is 74.8 Å². The summed E-state index contributed by atoms with van der Waals surface area (Å²) in [5, 5.41) is 22.5. The Morgan fingerprint density at radius 2 is 1.78 bits per heavy atom. The fraction of sp³-hybridized carbons (Fsp3) is 0.600. The molecule has 0 spiro atoms. The molecule has 0 radical (unpaired) electrons. The maximum Gasteiger partial charge on any atom is 0.408 e. The van der Waals surface area contributed by atoms with Crippen LogP contribution in [0.4, 0.5) is 9.93 Å². The third kappa shape index (κ3) is 8.03. The minimum Gasteiger partial charge on any atom is -0.497 e. The van der Waals surface area contributed by atoms with Gasteiger partial charge in [-0.15, -0.1) is 11.3 Å². The summed E-state index contributed by atoms with van der Waals surface area (Å²) in [4.78, 5) is 65.5. The third-order valence-corrected chi connectivity index (χ3v) is 12.2. The van der Waals surface area contributed by atoms with Crippen molar-refractivity contribution in [1.29, 1.82) is 0 Å². The average molecular weight is 777 g/mol. The number of aromatic nitrogens is 2. The molecule has 3 amide bonds. The fourth-order valence-corrected chi connectivity index (χ4v) is 9.11. The number of fused-ring (bicyclic) bond motifs is 2. The van der Waals surface area contributed by atoms with Crippen LogP contribution >= 0.6 is 11.3 Å². The summed E-state index contributed by atoms with van der Waals surface area (Å²) in [5.41, 5.74) is -0.318. The summed E-state index contributed by atoms with van der Waals surface area (Å²) in [6.07, 6.45) is 2.32. The molecular formula is C40H52N6O8S. The summed E-state index contributed by atoms with van der Waals surface area (Å²) >= 11 is 1.47. The lowest BCUT2D eigenvalue weighted by Gasteiger charge is -2.35. The van der Waals surface area contributed by atoms with Crippen molar-refractivity contribution in [3.8, 4) is 22.9 Å². The number of hydrogen-bond acceptors (Lipinski definition) is 11. The number of carboxylic acids is 1. The van der Waals surface area contributed by atoms with Crippen molar-refractivity contribution in [2.45, 2.75) is 116 Å². The SMILES string of the molecule is CC[C@@H]1C[C@]1(NC(=O)[C@@H]1C[C@@H](Oc2cc(-c3csc(NC(C)C)n3)nc3cc(OC)ccc23)CN1C(=O)[C@@H](NC(=O)OC1C[C@@H]2C[C@@H]2C1)C(C)(C)C)C(=O)O. The number of benzene rings is 1. The lowest BCUT2D eigenvalue weighted by molar-refractivity contribution is -0.146. The molecular weight excluding hydrogens is 725 g/mol. The smallest absolute Gasteiger partial charge is 0.408 e. The van der Waals surface area contributed by atoms with Crippen LogP contribution in [0.2, 0.25) is 0 Å². The zero-order chi connectivity index (χ0) is 39.4. The number of rotatable bonds is 13. The molecule has 1 saturated heterocycles. The molecule has 1 aliphatic heterocycles. The molecule has 4 N–H and O–H groups in total. The quantitative estimate of drug-likeness (QED) is 0.164. The van der Waals surface area contributed by atoms with E-state index < -0.39 is 53.0 Å². The Bertz CT molecular complexity index is 1970. The summed E-state index contributed by atoms with van der Waals surface area (Å²) in [5.74, 6) is -0.0479. The zero-order valence-electron chi connectivity index (χ0n) is 32.5. The summed E-state index contributed by atoms with van der Waals surface area (Å²) in [6.45, 7) is 11.5. The highest BCUT2D eigenvalue weighted by atomic mass is 32.1. The van der Waals surface area contributed by atoms with E-state index in [0.29, 0.717) is 58.5 Å². The van der Waals surface area contributed by atoms with Gasteiger partial charge in [0.1, 0.15) is 47.0 Å². The van der Waals surface area contributed by atoms with Crippen molar-refractivity contribution in [2.24, 2.45) is 23.2 Å². The molecule has 3 saturated carbocycles. The fourth-order valence-electron chi connectivity index (χ4n) is 8.26. The van der Waals surface area contributed by atoms with Crippen LogP contribution in [0.25, 0.3) is 22.3 Å². The van der Waals surface area contributed by atoms with E-state index in [1.807, 2.05) is 65.1 Å². The maximum atomic E-state index is 14.6. The minimum absolute atomic E-state index is 0.0119. The average Bonchev–Trinajstić information content (AvgIpc) is 3.79. The van der Waals surface area contributed by atoms with Crippen molar-refractivity contribution >= 4 is 51.2 Å². The molecule has 296 valence electrons. The number of carbonyl (C=O) groups excluding carboxylic acids is 3. The van der Waals surface area contributed by atoms with Crippen molar-refractivity contribution in [3.05, 3.63) is 29.6 Å². The van der Waals surface area contributed by atoms with Crippen LogP contribution in [0.3, 0.4) is 0 Å². The number of carboxylic acid groups (broad SMARTS) is 1. The summed E-state index contributed by atoms with van der Waals surface area (Å²) in [7, 11) is 1.58. The van der Waals surface area contributed by atoms with Crippen molar-refractivity contribution in [1.82, 2.24) is 25.5 Å². The lowest BCUT2D eigenvalue weighted by atomic mass is 9.85. The second kappa shape index (κ2) is 14.8. The van der Waals surface area contributed by atoms with Crippen LogP contribution < -0.4 is 25.4 Å². The number of amides is 3. The number of alkyl carbamates (subject to hydrolysis) is 1. The van der Waals surface area contributed by atoms with Gasteiger partial charge >= 0.3 is 12.1 Å². The van der Waals surface area contributed by atoms with Gasteiger partial charge in [0.25, 0.3) is 0 Å². The predicted molar refractivity (Wildman–Crippen MR) is 207 cm³/mol. The molecule has 15 heteroatoms. The molecule has 3 aliphatic carbocycles. The lowest BCUT2D eigenvalue weighted by Crippen LogP contribution is -2.59. The van der Waals surface area contributed by atoms with Crippen molar-refractivity contribution < 1.29 is 38.5 Å². The first-order chi connectivity index (χ1) is 26.1. The largest absolute Gasteiger partial charge is 0.497 e.